The maximum atomic E-state index is 12.2. The van der Waals surface area contributed by atoms with E-state index < -0.39 is 11.8 Å². The van der Waals surface area contributed by atoms with Gasteiger partial charge in [0, 0.05) is 41.6 Å². The summed E-state index contributed by atoms with van der Waals surface area (Å²) >= 11 is 0. The van der Waals surface area contributed by atoms with Crippen LogP contribution in [0.4, 0.5) is 0 Å². The van der Waals surface area contributed by atoms with Crippen LogP contribution in [0.2, 0.25) is 0 Å². The van der Waals surface area contributed by atoms with Gasteiger partial charge in [-0.15, -0.1) is 0 Å². The fraction of sp³-hybridized carbons (Fsp3) is 0.0833. The highest BCUT2D eigenvalue weighted by atomic mass is 16.1. The van der Waals surface area contributed by atoms with Crippen LogP contribution in [0.1, 0.15) is 22.9 Å². The smallest absolute Gasteiger partial charge is 0.231 e. The Morgan fingerprint density at radius 2 is 1.59 bits per heavy atom. The monoisotopic (exact) mass is 380 g/mol. The van der Waals surface area contributed by atoms with Crippen LogP contribution in [-0.4, -0.2) is 20.9 Å². The Hall–Kier alpha value is -3.86. The molecule has 29 heavy (non-hydrogen) atoms. The lowest BCUT2D eigenvalue weighted by molar-refractivity contribution is -0.118. The van der Waals surface area contributed by atoms with Crippen molar-refractivity contribution in [1.82, 2.24) is 15.0 Å². The van der Waals surface area contributed by atoms with Gasteiger partial charge in [-0.25, -0.2) is 0 Å². The van der Waals surface area contributed by atoms with Gasteiger partial charge in [-0.1, -0.05) is 36.4 Å². The van der Waals surface area contributed by atoms with Crippen molar-refractivity contribution in [2.75, 3.05) is 0 Å². The van der Waals surface area contributed by atoms with Crippen LogP contribution in [0, 0.1) is 6.92 Å². The van der Waals surface area contributed by atoms with Crippen molar-refractivity contribution < 1.29 is 4.79 Å². The highest BCUT2D eigenvalue weighted by molar-refractivity contribution is 5.85. The number of nitrogens with two attached hydrogens (primary N) is 1. The van der Waals surface area contributed by atoms with E-state index in [0.717, 1.165) is 33.5 Å². The van der Waals surface area contributed by atoms with Gasteiger partial charge in [0.15, 0.2) is 0 Å². The third-order valence-electron chi connectivity index (χ3n) is 4.84. The van der Waals surface area contributed by atoms with E-state index in [0.29, 0.717) is 5.69 Å². The van der Waals surface area contributed by atoms with Crippen molar-refractivity contribution in [2.45, 2.75) is 12.8 Å². The van der Waals surface area contributed by atoms with Crippen LogP contribution in [-0.2, 0) is 4.79 Å². The van der Waals surface area contributed by atoms with Crippen LogP contribution in [0.3, 0.4) is 0 Å². The zero-order chi connectivity index (χ0) is 20.2. The number of amides is 1. The molecule has 0 aliphatic heterocycles. The zero-order valence-electron chi connectivity index (χ0n) is 16.0. The Morgan fingerprint density at radius 1 is 0.828 bits per heavy atom. The number of benzene rings is 1. The maximum Gasteiger partial charge on any atom is 0.231 e. The van der Waals surface area contributed by atoms with E-state index in [4.69, 9.17) is 5.73 Å². The minimum atomic E-state index is -0.605. The second-order valence-corrected chi connectivity index (χ2v) is 6.86. The van der Waals surface area contributed by atoms with Crippen LogP contribution in [0.15, 0.2) is 85.5 Å². The quantitative estimate of drug-likeness (QED) is 0.564. The van der Waals surface area contributed by atoms with Gasteiger partial charge in [0.2, 0.25) is 5.91 Å². The topological polar surface area (TPSA) is 81.8 Å². The van der Waals surface area contributed by atoms with Gasteiger partial charge < -0.3 is 5.73 Å². The minimum absolute atomic E-state index is 0.431. The lowest BCUT2D eigenvalue weighted by Crippen LogP contribution is -2.23. The summed E-state index contributed by atoms with van der Waals surface area (Å²) in [5.74, 6) is -1.04. The van der Waals surface area contributed by atoms with Gasteiger partial charge in [-0.05, 0) is 47.9 Å². The van der Waals surface area contributed by atoms with Gasteiger partial charge in [0.05, 0.1) is 5.69 Å². The molecule has 1 unspecified atom stereocenters. The molecule has 0 fully saturated rings. The molecule has 142 valence electrons. The number of carbonyl (C=O) groups excluding carboxylic acids is 1. The third kappa shape index (κ3) is 4.04. The van der Waals surface area contributed by atoms with Crippen LogP contribution in [0.5, 0.6) is 0 Å². The zero-order valence-corrected chi connectivity index (χ0v) is 16.0. The molecule has 4 aromatic rings. The van der Waals surface area contributed by atoms with Crippen molar-refractivity contribution in [1.29, 1.82) is 0 Å². The van der Waals surface area contributed by atoms with Gasteiger partial charge >= 0.3 is 0 Å². The summed E-state index contributed by atoms with van der Waals surface area (Å²) in [6, 6.07) is 19.4. The summed E-state index contributed by atoms with van der Waals surface area (Å²) in [5, 5.41) is 0. The Balaban J connectivity index is 1.63. The van der Waals surface area contributed by atoms with E-state index in [9.17, 15) is 4.79 Å². The van der Waals surface area contributed by atoms with Crippen molar-refractivity contribution in [3.63, 3.8) is 0 Å². The molecular formula is C24H20N4O. The molecule has 1 atom stereocenters. The fourth-order valence-electron chi connectivity index (χ4n) is 3.35. The molecule has 1 amide bonds. The van der Waals surface area contributed by atoms with E-state index >= 15 is 0 Å². The third-order valence-corrected chi connectivity index (χ3v) is 4.84. The first kappa shape index (κ1) is 18.5. The lowest BCUT2D eigenvalue weighted by atomic mass is 9.92. The predicted molar refractivity (Wildman–Crippen MR) is 113 cm³/mol. The molecule has 0 saturated heterocycles. The van der Waals surface area contributed by atoms with Crippen molar-refractivity contribution in [2.24, 2.45) is 5.73 Å². The number of rotatable bonds is 5. The van der Waals surface area contributed by atoms with Crippen LogP contribution < -0.4 is 5.73 Å². The van der Waals surface area contributed by atoms with E-state index in [2.05, 4.69) is 15.0 Å². The molecule has 0 bridgehead atoms. The number of hydrogen-bond acceptors (Lipinski definition) is 4. The molecule has 0 saturated carbocycles. The number of hydrogen-bond donors (Lipinski definition) is 1. The SMILES string of the molecule is Cc1cc(-c2ccc(C(C(N)=O)c3ccc(-c4cccnc4)cn3)cc2)ccn1. The number of nitrogens with zero attached hydrogens (tertiary/aromatic N) is 3. The molecular weight excluding hydrogens is 360 g/mol. The highest BCUT2D eigenvalue weighted by Crippen LogP contribution is 2.28. The molecule has 0 radical (unpaired) electrons. The Labute approximate surface area is 169 Å². The molecule has 1 aromatic carbocycles. The second kappa shape index (κ2) is 8.02. The normalized spacial score (nSPS) is 11.8. The fourth-order valence-corrected chi connectivity index (χ4v) is 3.35. The van der Waals surface area contributed by atoms with Crippen molar-refractivity contribution in [3.05, 3.63) is 102 Å². The number of pyridine rings is 3. The number of aryl methyl sites for hydroxylation is 1. The molecule has 0 aliphatic rings. The summed E-state index contributed by atoms with van der Waals surface area (Å²) in [4.78, 5) is 25.1. The minimum Gasteiger partial charge on any atom is -0.369 e. The number of aromatic nitrogens is 3. The molecule has 3 heterocycles. The first-order valence-corrected chi connectivity index (χ1v) is 9.30. The van der Waals surface area contributed by atoms with Crippen LogP contribution in [0.25, 0.3) is 22.3 Å². The second-order valence-electron chi connectivity index (χ2n) is 6.86. The van der Waals surface area contributed by atoms with E-state index in [1.807, 2.05) is 67.6 Å². The van der Waals surface area contributed by atoms with E-state index in [1.165, 1.54) is 0 Å². The molecule has 0 aliphatic carbocycles. The van der Waals surface area contributed by atoms with Gasteiger partial charge in [0.1, 0.15) is 5.92 Å². The highest BCUT2D eigenvalue weighted by Gasteiger charge is 2.21. The largest absolute Gasteiger partial charge is 0.369 e. The maximum absolute atomic E-state index is 12.2. The van der Waals surface area contributed by atoms with Gasteiger partial charge in [-0.2, -0.15) is 0 Å². The van der Waals surface area contributed by atoms with E-state index in [1.54, 1.807) is 24.8 Å². The molecule has 5 nitrogen and oxygen atoms in total. The van der Waals surface area contributed by atoms with E-state index in [-0.39, 0.29) is 0 Å². The molecule has 5 heteroatoms. The molecule has 3 aromatic heterocycles. The average Bonchev–Trinajstić information content (AvgIpc) is 2.75. The van der Waals surface area contributed by atoms with Gasteiger partial charge in [-0.3, -0.25) is 19.7 Å². The van der Waals surface area contributed by atoms with Gasteiger partial charge in [0.25, 0.3) is 0 Å². The predicted octanol–water partition coefficient (Wildman–Crippen LogP) is 4.13. The Kier molecular flexibility index (Phi) is 5.12. The van der Waals surface area contributed by atoms with Crippen molar-refractivity contribution in [3.8, 4) is 22.3 Å². The van der Waals surface area contributed by atoms with Crippen LogP contribution >= 0.6 is 0 Å². The summed E-state index contributed by atoms with van der Waals surface area (Å²) in [6.07, 6.45) is 7.04. The first-order valence-electron chi connectivity index (χ1n) is 9.30. The summed E-state index contributed by atoms with van der Waals surface area (Å²) in [5.41, 5.74) is 12.2. The summed E-state index contributed by atoms with van der Waals surface area (Å²) in [7, 11) is 0. The Morgan fingerprint density at radius 3 is 2.21 bits per heavy atom. The number of carbonyl (C=O) groups is 1. The standard InChI is InChI=1S/C24H20N4O/c1-16-13-19(10-12-27-16)17-4-6-18(7-5-17)23(24(25)29)22-9-8-21(15-28-22)20-3-2-11-26-14-20/h2-15,23H,1H3,(H2,25,29). The lowest BCUT2D eigenvalue weighted by Gasteiger charge is -2.15. The Bertz CT molecular complexity index is 1120. The molecule has 4 rings (SSSR count). The van der Waals surface area contributed by atoms with Crippen molar-refractivity contribution >= 4 is 5.91 Å². The first-order chi connectivity index (χ1) is 14.1. The summed E-state index contributed by atoms with van der Waals surface area (Å²) in [6.45, 7) is 1.96. The molecule has 2 N–H and O–H groups in total. The molecule has 0 spiro atoms. The average molecular weight is 380 g/mol. The number of primary amides is 1. The summed E-state index contributed by atoms with van der Waals surface area (Å²) < 4.78 is 0.